The molecule has 786 valence electrons. The molecule has 3 amide bonds. The average Bonchev–Trinajstić information content (AvgIpc) is 1.48. The highest BCUT2D eigenvalue weighted by Crippen LogP contribution is 2.77. The highest BCUT2D eigenvalue weighted by Gasteiger charge is 2.87. The first-order chi connectivity index (χ1) is 68.9. The number of hydrogen-bond acceptors (Lipinski definition) is 32. The Bertz CT molecular complexity index is 5820. The van der Waals surface area contributed by atoms with Gasteiger partial charge in [-0.2, -0.15) is 0 Å². The molecule has 0 aromatic heterocycles. The van der Waals surface area contributed by atoms with Crippen LogP contribution < -0.4 is 16.0 Å². The van der Waals surface area contributed by atoms with Crippen LogP contribution in [-0.2, 0) is 126 Å². The van der Waals surface area contributed by atoms with Crippen LogP contribution in [-0.4, -0.2) is 214 Å². The molecule has 2 spiro atoms. The normalized spacial score (nSPS) is 29.3. The van der Waals surface area contributed by atoms with Crippen LogP contribution in [0.3, 0.4) is 0 Å². The average molecular weight is 2020 g/mol. The van der Waals surface area contributed by atoms with Crippen molar-refractivity contribution in [2.75, 3.05) is 19.8 Å². The van der Waals surface area contributed by atoms with E-state index in [0.29, 0.717) is 36.8 Å². The van der Waals surface area contributed by atoms with Crippen LogP contribution in [0.15, 0.2) is 174 Å². The van der Waals surface area contributed by atoms with Gasteiger partial charge in [-0.25, -0.2) is 33.6 Å². The number of fused-ring (bicyclic) bond motifs is 8. The summed E-state index contributed by atoms with van der Waals surface area (Å²) in [6.45, 7) is 26.3. The van der Waals surface area contributed by atoms with Gasteiger partial charge in [-0.15, -0.1) is 0 Å². The zero-order valence-electron chi connectivity index (χ0n) is 85.7. The summed E-state index contributed by atoms with van der Waals surface area (Å²) in [7, 11) is 0. The van der Waals surface area contributed by atoms with Crippen molar-refractivity contribution in [2.45, 2.75) is 327 Å². The molecule has 5 aromatic rings. The third kappa shape index (κ3) is 22.1. The molecule has 146 heavy (non-hydrogen) atoms. The minimum absolute atomic E-state index is 0.0439. The fourth-order valence-electron chi connectivity index (χ4n) is 23.7. The van der Waals surface area contributed by atoms with Gasteiger partial charge in [-0.1, -0.05) is 188 Å². The summed E-state index contributed by atoms with van der Waals surface area (Å²) in [6.07, 6.45) is -13.4. The van der Waals surface area contributed by atoms with Crippen molar-refractivity contribution >= 4 is 89.5 Å². The molecule has 8 aliphatic carbocycles. The maximum atomic E-state index is 15.8. The number of Topliss-reactive ketones (excluding diaryl/α,β-unsaturated/α-hetero) is 2. The van der Waals surface area contributed by atoms with Crippen molar-refractivity contribution < 1.29 is 153 Å². The lowest BCUT2D eigenvalue weighted by molar-refractivity contribution is -0.323. The van der Waals surface area contributed by atoms with Crippen LogP contribution in [0.5, 0.6) is 0 Å². The van der Waals surface area contributed by atoms with Crippen molar-refractivity contribution in [3.05, 3.63) is 202 Å². The molecule has 2 saturated heterocycles. The first kappa shape index (κ1) is 109. The zero-order valence-corrected chi connectivity index (χ0v) is 85.7. The third-order valence-corrected chi connectivity index (χ3v) is 30.6. The molecule has 0 radical (unpaired) electrons. The Hall–Kier alpha value is -12.7. The third-order valence-electron chi connectivity index (χ3n) is 30.6. The quantitative estimate of drug-likeness (QED) is 0.0113. The SMILES string of the molecule is CC(=O)O[C@H]1C(=O)[C@]23C[C@H]2C[C@H]2OC[C@@]2(OC(C)=O)[C@H]3[C@H](OC(=O)c2ccccc2)[C@]2(O)C[C@H](OC(=O)[C@H](OC(=O)CCCCCNC(=O)OCc3ccccc3)[C@@H](NC(=O)OC(C)(C)C)c3ccccc3)C(C)=C1C2(C)C.CCCCCCC(=O)O[C@@H](C(=O)O[C@H]1C[C@@]2(O)[C@@H](OC(=O)c3ccccc3)[C@@H]3[C@]4(OC(C)=O)CO[C@@H]4C[C@@H]4C[C@@]43C(=O)[C@H](OC(C)=O)C(=C1C)C2(C)C)[C@@H](NC(=O)OC(C)(C)C)c1ccccc1. The number of benzene rings is 5. The Kier molecular flexibility index (Phi) is 32.4. The van der Waals surface area contributed by atoms with E-state index in [9.17, 15) is 63.0 Å². The maximum absolute atomic E-state index is 15.8. The van der Waals surface area contributed by atoms with Gasteiger partial charge in [0.2, 0.25) is 12.2 Å². The lowest BCUT2D eigenvalue weighted by atomic mass is 9.48. The Morgan fingerprint density at radius 3 is 1.15 bits per heavy atom. The molecular formula is C111H135N3O32. The highest BCUT2D eigenvalue weighted by molar-refractivity contribution is 5.99. The van der Waals surface area contributed by atoms with Gasteiger partial charge in [-0.05, 0) is 175 Å². The topological polar surface area (TPSA) is 471 Å². The smallest absolute Gasteiger partial charge is 0.408 e. The van der Waals surface area contributed by atoms with Gasteiger partial charge in [0, 0.05) is 81.6 Å². The summed E-state index contributed by atoms with van der Waals surface area (Å²) in [5.74, 6) is -13.1. The minimum atomic E-state index is -2.33. The summed E-state index contributed by atoms with van der Waals surface area (Å²) >= 11 is 0. The number of ether oxygens (including phenoxy) is 15. The van der Waals surface area contributed by atoms with Gasteiger partial charge in [0.1, 0.15) is 77.7 Å². The van der Waals surface area contributed by atoms with E-state index < -0.39 is 254 Å². The van der Waals surface area contributed by atoms with Crippen LogP contribution in [0, 0.1) is 45.3 Å². The molecule has 15 rings (SSSR count). The molecule has 35 nitrogen and oxygen atoms in total. The van der Waals surface area contributed by atoms with Crippen molar-refractivity contribution in [1.82, 2.24) is 16.0 Å². The Morgan fingerprint density at radius 1 is 0.445 bits per heavy atom. The second kappa shape index (κ2) is 43.4. The summed E-state index contributed by atoms with van der Waals surface area (Å²) in [4.78, 5) is 211. The van der Waals surface area contributed by atoms with Crippen LogP contribution in [0.2, 0.25) is 0 Å². The van der Waals surface area contributed by atoms with E-state index in [1.165, 1.54) is 38.1 Å². The number of aliphatic hydroxyl groups is 2. The summed E-state index contributed by atoms with van der Waals surface area (Å²) in [5, 5.41) is 36.1. The van der Waals surface area contributed by atoms with Crippen LogP contribution in [0.4, 0.5) is 14.4 Å². The van der Waals surface area contributed by atoms with Crippen LogP contribution in [0.1, 0.15) is 264 Å². The minimum Gasteiger partial charge on any atom is -0.455 e. The number of amides is 3. The Balaban J connectivity index is 0.000000233. The van der Waals surface area contributed by atoms with E-state index in [-0.39, 0.29) is 98.3 Å². The van der Waals surface area contributed by atoms with Crippen molar-refractivity contribution in [3.63, 3.8) is 0 Å². The Morgan fingerprint density at radius 2 is 0.808 bits per heavy atom. The molecular weight excluding hydrogens is 1890 g/mol. The van der Waals surface area contributed by atoms with E-state index >= 15 is 19.2 Å². The van der Waals surface area contributed by atoms with Gasteiger partial charge in [0.25, 0.3) is 0 Å². The molecule has 2 aliphatic heterocycles. The maximum Gasteiger partial charge on any atom is 0.408 e. The van der Waals surface area contributed by atoms with Crippen molar-refractivity contribution in [1.29, 1.82) is 0 Å². The molecule has 5 aromatic carbocycles. The van der Waals surface area contributed by atoms with Crippen LogP contribution in [0.25, 0.3) is 0 Å². The van der Waals surface area contributed by atoms with Crippen LogP contribution >= 0.6 is 0 Å². The van der Waals surface area contributed by atoms with E-state index in [4.69, 9.17) is 71.1 Å². The second-order valence-electron chi connectivity index (χ2n) is 43.1. The van der Waals surface area contributed by atoms with Gasteiger partial charge in [-0.3, -0.25) is 38.4 Å². The monoisotopic (exact) mass is 2020 g/mol. The molecule has 10 aliphatic rings. The fourth-order valence-corrected chi connectivity index (χ4v) is 23.7. The van der Waals surface area contributed by atoms with Crippen molar-refractivity contribution in [2.24, 2.45) is 45.3 Å². The lowest BCUT2D eigenvalue weighted by Gasteiger charge is -2.64. The predicted molar refractivity (Wildman–Crippen MR) is 519 cm³/mol. The predicted octanol–water partition coefficient (Wildman–Crippen LogP) is 14.5. The van der Waals surface area contributed by atoms with Gasteiger partial charge in [0.05, 0.1) is 36.2 Å². The Labute approximate surface area is 848 Å². The molecule has 4 bridgehead atoms. The van der Waals surface area contributed by atoms with E-state index in [2.05, 4.69) is 16.0 Å². The molecule has 0 unspecified atom stereocenters. The number of carbonyl (C=O) groups is 15. The van der Waals surface area contributed by atoms with Crippen molar-refractivity contribution in [3.8, 4) is 0 Å². The summed E-state index contributed by atoms with van der Waals surface area (Å²) in [5.41, 5.74) is -13.5. The number of rotatable bonds is 33. The number of nitrogens with one attached hydrogen (secondary N) is 3. The number of carbonyl (C=O) groups excluding carboxylic acids is 15. The second-order valence-corrected chi connectivity index (χ2v) is 43.1. The van der Waals surface area contributed by atoms with Gasteiger partial charge < -0.3 is 97.2 Å². The number of ketones is 2. The number of alkyl carbamates (subject to hydrolysis) is 3. The van der Waals surface area contributed by atoms with Gasteiger partial charge in [0.15, 0.2) is 35.0 Å². The van der Waals surface area contributed by atoms with E-state index in [1.54, 1.807) is 180 Å². The highest BCUT2D eigenvalue weighted by atomic mass is 16.7. The first-order valence-corrected chi connectivity index (χ1v) is 50.2. The first-order valence-electron chi connectivity index (χ1n) is 50.2. The summed E-state index contributed by atoms with van der Waals surface area (Å²) in [6, 6.07) is 39.1. The molecule has 22 atom stereocenters. The summed E-state index contributed by atoms with van der Waals surface area (Å²) < 4.78 is 91.1. The number of esters is 10. The van der Waals surface area contributed by atoms with E-state index in [1.807, 2.05) is 37.3 Å². The molecule has 8 fully saturated rings. The molecule has 2 heterocycles. The number of hydrogen-bond donors (Lipinski definition) is 5. The standard InChI is InChI=1S/C59H70N2O17.C52H65NO15/c1-34-41(74-52(67)47(45(38-23-15-10-16-24-38)61-54(69)78-55(4,5)6)75-43(64)27-19-12-20-28-60-53(68)71-32-37-21-13-9-14-22-37)31-59(70)50(76-51(66)39-25-17-11-18-26-39)48-57(49(65)46(73-35(2)62)44(34)56(59,7)8)30-40(57)29-42-58(48,33-72-42)77-36(3)63;1-10-11-12-19-24-37(56)65-41(39(32-20-15-13-16-21-32)53-47(60)68-48(5,6)7)46(59)64-35-27-52(61)44(66-45(58)33-22-17-14-18-23-33)42-50(26-34(50)25-36-51(42,28-62-36)67-31(4)55)43(57)40(63-30(3)54)38(29(35)2)49(52,8)9/h9-11,13-18,21-26,40-42,45-48,50,70H,12,19-20,27-33H2,1-8H3,(H,60,68)(H,61,69);13-18,20-23,34-36,39-42,44,61H,10-12,19,24-28H2,1-9H3,(H,53,60)/t40-,41+,42-,45+,46-,47-,48+,50+,57-,58+,59-;34-,35+,36-,39+,40-,41-,42+,44+,50-,51+,52-/m11/s1. The molecule has 6 saturated carbocycles. The molecule has 35 heteroatoms. The lowest BCUT2D eigenvalue weighted by Crippen LogP contribution is -2.78. The largest absolute Gasteiger partial charge is 0.455 e. The fraction of sp³-hybridized carbons (Fsp3) is 0.559. The van der Waals surface area contributed by atoms with E-state index in [0.717, 1.165) is 38.7 Å². The zero-order chi connectivity index (χ0) is 106. The number of unbranched alkanes of at least 4 members (excludes halogenated alkanes) is 5. The molecule has 5 N–H and O–H groups in total. The van der Waals surface area contributed by atoms with Gasteiger partial charge >= 0.3 is 78.0 Å².